The van der Waals surface area contributed by atoms with Crippen molar-refractivity contribution in [3.8, 4) is 0 Å². The van der Waals surface area contributed by atoms with Crippen LogP contribution in [-0.2, 0) is 11.3 Å². The first-order valence-corrected chi connectivity index (χ1v) is 8.90. The van der Waals surface area contributed by atoms with Gasteiger partial charge >= 0.3 is 11.7 Å². The van der Waals surface area contributed by atoms with E-state index in [9.17, 15) is 14.7 Å². The Bertz CT molecular complexity index is 933. The number of aromatic nitrogens is 2. The number of carboxylic acid groups (broad SMARTS) is 1. The average Bonchev–Trinajstić information content (AvgIpc) is 2.94. The SMILES string of the molecule is Cc1noc(=O)n1C/C=C/CCC(C)(/N=C/c1ccc(Cl)c(Cl)c1)C(=O)O. The van der Waals surface area contributed by atoms with E-state index in [1.165, 1.54) is 10.8 Å². The highest BCUT2D eigenvalue weighted by Gasteiger charge is 2.30. The molecular formula is C18H19Cl2N3O4. The Kier molecular flexibility index (Phi) is 6.98. The summed E-state index contributed by atoms with van der Waals surface area (Å²) in [7, 11) is 0. The first kappa shape index (κ1) is 20.9. The molecule has 2 aromatic rings. The van der Waals surface area contributed by atoms with Crippen LogP contribution in [0.25, 0.3) is 0 Å². The normalized spacial score (nSPS) is 14.1. The summed E-state index contributed by atoms with van der Waals surface area (Å²) < 4.78 is 5.91. The molecule has 0 radical (unpaired) electrons. The Labute approximate surface area is 165 Å². The van der Waals surface area contributed by atoms with E-state index >= 15 is 0 Å². The molecule has 0 saturated heterocycles. The Morgan fingerprint density at radius 2 is 2.11 bits per heavy atom. The van der Waals surface area contributed by atoms with E-state index in [0.29, 0.717) is 34.4 Å². The minimum atomic E-state index is -1.29. The number of aliphatic carboxylic acids is 1. The molecule has 1 aromatic carbocycles. The number of carboxylic acids is 1. The number of allylic oxidation sites excluding steroid dienone is 2. The van der Waals surface area contributed by atoms with Crippen molar-refractivity contribution in [3.63, 3.8) is 0 Å². The number of aliphatic imine (C=N–C) groups is 1. The summed E-state index contributed by atoms with van der Waals surface area (Å²) in [4.78, 5) is 27.3. The summed E-state index contributed by atoms with van der Waals surface area (Å²) in [6, 6.07) is 4.95. The molecule has 0 spiro atoms. The smallest absolute Gasteiger partial charge is 0.441 e. The van der Waals surface area contributed by atoms with Gasteiger partial charge in [0, 0.05) is 12.8 Å². The van der Waals surface area contributed by atoms with Gasteiger partial charge in [0.1, 0.15) is 0 Å². The van der Waals surface area contributed by atoms with Crippen molar-refractivity contribution >= 4 is 35.4 Å². The lowest BCUT2D eigenvalue weighted by atomic mass is 9.96. The number of hydrogen-bond donors (Lipinski definition) is 1. The molecule has 27 heavy (non-hydrogen) atoms. The second-order valence-electron chi connectivity index (χ2n) is 6.13. The van der Waals surface area contributed by atoms with Gasteiger partial charge in [0.2, 0.25) is 0 Å². The number of halogens is 2. The van der Waals surface area contributed by atoms with Crippen molar-refractivity contribution in [1.82, 2.24) is 9.72 Å². The van der Waals surface area contributed by atoms with Crippen LogP contribution >= 0.6 is 23.2 Å². The molecule has 0 saturated carbocycles. The summed E-state index contributed by atoms with van der Waals surface area (Å²) in [6.07, 6.45) is 5.79. The molecule has 2 rings (SSSR count). The maximum absolute atomic E-state index is 11.7. The van der Waals surface area contributed by atoms with E-state index in [0.717, 1.165) is 0 Å². The molecule has 1 heterocycles. The predicted octanol–water partition coefficient (Wildman–Crippen LogP) is 3.75. The van der Waals surface area contributed by atoms with Gasteiger partial charge in [-0.1, -0.05) is 46.6 Å². The molecule has 9 heteroatoms. The highest BCUT2D eigenvalue weighted by molar-refractivity contribution is 6.42. The number of hydrogen-bond acceptors (Lipinski definition) is 5. The van der Waals surface area contributed by atoms with Crippen molar-refractivity contribution in [2.24, 2.45) is 4.99 Å². The van der Waals surface area contributed by atoms with E-state index in [1.54, 1.807) is 44.2 Å². The lowest BCUT2D eigenvalue weighted by Crippen LogP contribution is -2.33. The van der Waals surface area contributed by atoms with Crippen molar-refractivity contribution in [2.75, 3.05) is 0 Å². The van der Waals surface area contributed by atoms with Crippen molar-refractivity contribution < 1.29 is 14.4 Å². The summed E-state index contributed by atoms with van der Waals surface area (Å²) in [5.41, 5.74) is -0.629. The highest BCUT2D eigenvalue weighted by Crippen LogP contribution is 2.23. The number of carbonyl (C=O) groups is 1. The minimum Gasteiger partial charge on any atom is -0.479 e. The molecule has 0 aliphatic heterocycles. The van der Waals surface area contributed by atoms with Gasteiger partial charge in [-0.25, -0.2) is 9.59 Å². The predicted molar refractivity (Wildman–Crippen MR) is 104 cm³/mol. The zero-order valence-corrected chi connectivity index (χ0v) is 16.4. The monoisotopic (exact) mass is 411 g/mol. The molecule has 0 aliphatic carbocycles. The van der Waals surface area contributed by atoms with Crippen LogP contribution in [0.15, 0.2) is 44.7 Å². The Hall–Kier alpha value is -2.38. The Balaban J connectivity index is 2.00. The van der Waals surface area contributed by atoms with Crippen LogP contribution in [-0.4, -0.2) is 32.6 Å². The van der Waals surface area contributed by atoms with E-state index < -0.39 is 17.3 Å². The largest absolute Gasteiger partial charge is 0.479 e. The maximum Gasteiger partial charge on any atom is 0.441 e. The van der Waals surface area contributed by atoms with Crippen molar-refractivity contribution in [1.29, 1.82) is 0 Å². The van der Waals surface area contributed by atoms with Crippen molar-refractivity contribution in [3.05, 3.63) is 62.3 Å². The summed E-state index contributed by atoms with van der Waals surface area (Å²) in [6.45, 7) is 3.52. The van der Waals surface area contributed by atoms with Gasteiger partial charge in [0.15, 0.2) is 11.4 Å². The lowest BCUT2D eigenvalue weighted by molar-refractivity contribution is -0.142. The quantitative estimate of drug-likeness (QED) is 0.526. The van der Waals surface area contributed by atoms with Gasteiger partial charge in [0.25, 0.3) is 0 Å². The van der Waals surface area contributed by atoms with E-state index in [4.69, 9.17) is 23.2 Å². The Morgan fingerprint density at radius 1 is 1.37 bits per heavy atom. The molecular weight excluding hydrogens is 393 g/mol. The third-order valence-electron chi connectivity index (χ3n) is 4.02. The molecule has 1 atom stereocenters. The van der Waals surface area contributed by atoms with Crippen LogP contribution in [0.5, 0.6) is 0 Å². The van der Waals surface area contributed by atoms with Gasteiger partial charge in [-0.15, -0.1) is 0 Å². The highest BCUT2D eigenvalue weighted by atomic mass is 35.5. The molecule has 144 valence electrons. The second kappa shape index (κ2) is 9.01. The number of aryl methyl sites for hydroxylation is 1. The van der Waals surface area contributed by atoms with Gasteiger partial charge in [-0.2, -0.15) is 0 Å². The van der Waals surface area contributed by atoms with E-state index in [2.05, 4.69) is 14.7 Å². The van der Waals surface area contributed by atoms with Crippen LogP contribution in [0.3, 0.4) is 0 Å². The van der Waals surface area contributed by atoms with Gasteiger partial charge in [-0.3, -0.25) is 14.1 Å². The lowest BCUT2D eigenvalue weighted by Gasteiger charge is -2.19. The minimum absolute atomic E-state index is 0.286. The fourth-order valence-electron chi connectivity index (χ4n) is 2.24. The third-order valence-corrected chi connectivity index (χ3v) is 4.76. The number of nitrogens with zero attached hydrogens (tertiary/aromatic N) is 3. The molecule has 0 aliphatic rings. The zero-order chi connectivity index (χ0) is 20.0. The number of benzene rings is 1. The van der Waals surface area contributed by atoms with E-state index in [1.807, 2.05) is 0 Å². The first-order chi connectivity index (χ1) is 12.7. The van der Waals surface area contributed by atoms with Crippen LogP contribution in [0, 0.1) is 6.92 Å². The fraction of sp³-hybridized carbons (Fsp3) is 0.333. The summed E-state index contributed by atoms with van der Waals surface area (Å²) in [5, 5.41) is 13.9. The van der Waals surface area contributed by atoms with Gasteiger partial charge in [-0.05, 0) is 44.4 Å². The fourth-order valence-corrected chi connectivity index (χ4v) is 2.55. The van der Waals surface area contributed by atoms with Crippen LogP contribution < -0.4 is 5.76 Å². The standard InChI is InChI=1S/C18H19Cl2N3O4/c1-12-22-27-17(26)23(12)9-5-3-4-8-18(2,16(24)25)21-11-13-6-7-14(19)15(20)10-13/h3,5-7,10-11H,4,8-9H2,1-2H3,(H,24,25)/b5-3+,21-11+. The molecule has 1 unspecified atom stereocenters. The molecule has 1 N–H and O–H groups in total. The third kappa shape index (κ3) is 5.55. The molecule has 0 fully saturated rings. The van der Waals surface area contributed by atoms with Crippen LogP contribution in [0.2, 0.25) is 10.0 Å². The van der Waals surface area contributed by atoms with Gasteiger partial charge in [0.05, 0.1) is 10.0 Å². The average molecular weight is 412 g/mol. The van der Waals surface area contributed by atoms with E-state index in [-0.39, 0.29) is 6.42 Å². The first-order valence-electron chi connectivity index (χ1n) is 8.15. The summed E-state index contributed by atoms with van der Waals surface area (Å²) in [5.74, 6) is -1.08. The van der Waals surface area contributed by atoms with Gasteiger partial charge < -0.3 is 5.11 Å². The zero-order valence-electron chi connectivity index (χ0n) is 14.9. The maximum atomic E-state index is 11.7. The second-order valence-corrected chi connectivity index (χ2v) is 6.94. The molecule has 0 amide bonds. The van der Waals surface area contributed by atoms with Crippen LogP contribution in [0.1, 0.15) is 31.2 Å². The molecule has 0 bridgehead atoms. The summed E-state index contributed by atoms with van der Waals surface area (Å²) >= 11 is 11.8. The molecule has 7 nitrogen and oxygen atoms in total. The Morgan fingerprint density at radius 3 is 2.70 bits per heavy atom. The van der Waals surface area contributed by atoms with Crippen LogP contribution in [0.4, 0.5) is 0 Å². The molecule has 1 aromatic heterocycles. The topological polar surface area (TPSA) is 97.7 Å². The number of rotatable bonds is 8. The van der Waals surface area contributed by atoms with Crippen molar-refractivity contribution in [2.45, 2.75) is 38.8 Å².